The molecule has 0 saturated heterocycles. The smallest absolute Gasteiger partial charge is 0.309 e. The van der Waals surface area contributed by atoms with Gasteiger partial charge in [0.25, 0.3) is 0 Å². The van der Waals surface area contributed by atoms with Crippen molar-refractivity contribution in [2.75, 3.05) is 13.4 Å². The first-order chi connectivity index (χ1) is 9.25. The number of rotatable bonds is 6. The van der Waals surface area contributed by atoms with Crippen LogP contribution in [0.3, 0.4) is 0 Å². The number of sulfone groups is 1. The highest BCUT2D eigenvalue weighted by Gasteiger charge is 2.20. The molecule has 0 radical (unpaired) electrons. The topological polar surface area (TPSA) is 72.5 Å². The van der Waals surface area contributed by atoms with Gasteiger partial charge in [-0.2, -0.15) is 0 Å². The van der Waals surface area contributed by atoms with Crippen LogP contribution in [0, 0.1) is 5.92 Å². The van der Waals surface area contributed by atoms with Gasteiger partial charge < -0.3 is 10.1 Å². The molecule has 1 aromatic rings. The SMILES string of the molecule is COC(=O)C(C)C(C)NCc1ccc(S(C)(=O)=O)cc1. The van der Waals surface area contributed by atoms with Crippen molar-refractivity contribution in [1.29, 1.82) is 0 Å². The summed E-state index contributed by atoms with van der Waals surface area (Å²) in [5, 5.41) is 3.22. The third-order valence-corrected chi connectivity index (χ3v) is 4.43. The van der Waals surface area contributed by atoms with Crippen LogP contribution in [-0.2, 0) is 25.9 Å². The molecule has 20 heavy (non-hydrogen) atoms. The number of carbonyl (C=O) groups excluding carboxylic acids is 1. The van der Waals surface area contributed by atoms with Gasteiger partial charge in [0.1, 0.15) is 0 Å². The normalized spacial score (nSPS) is 14.6. The first kappa shape index (κ1) is 16.7. The van der Waals surface area contributed by atoms with Crippen LogP contribution in [0.25, 0.3) is 0 Å². The number of nitrogens with one attached hydrogen (secondary N) is 1. The molecule has 0 aromatic heterocycles. The summed E-state index contributed by atoms with van der Waals surface area (Å²) in [6.07, 6.45) is 1.18. The summed E-state index contributed by atoms with van der Waals surface area (Å²) in [6, 6.07) is 6.66. The van der Waals surface area contributed by atoms with E-state index in [0.717, 1.165) is 5.56 Å². The molecular weight excluding hydrogens is 278 g/mol. The molecule has 112 valence electrons. The first-order valence-corrected chi connectivity index (χ1v) is 8.25. The number of ether oxygens (including phenoxy) is 1. The van der Waals surface area contributed by atoms with Gasteiger partial charge in [-0.25, -0.2) is 8.42 Å². The number of methoxy groups -OCH3 is 1. The molecule has 0 aliphatic heterocycles. The van der Waals surface area contributed by atoms with Crippen LogP contribution in [0.5, 0.6) is 0 Å². The van der Waals surface area contributed by atoms with E-state index in [2.05, 4.69) is 5.32 Å². The zero-order valence-electron chi connectivity index (χ0n) is 12.2. The molecular formula is C14H21NO4S. The fourth-order valence-electron chi connectivity index (χ4n) is 1.70. The molecule has 0 heterocycles. The van der Waals surface area contributed by atoms with Crippen LogP contribution in [0.4, 0.5) is 0 Å². The Hall–Kier alpha value is -1.40. The lowest BCUT2D eigenvalue weighted by molar-refractivity contribution is -0.145. The predicted molar refractivity (Wildman–Crippen MR) is 77.0 cm³/mol. The number of benzene rings is 1. The Labute approximate surface area is 120 Å². The Bertz CT molecular complexity index is 551. The molecule has 0 aliphatic rings. The molecule has 2 unspecified atom stereocenters. The number of esters is 1. The third-order valence-electron chi connectivity index (χ3n) is 3.30. The zero-order valence-corrected chi connectivity index (χ0v) is 13.0. The van der Waals surface area contributed by atoms with Crippen LogP contribution in [0.15, 0.2) is 29.2 Å². The summed E-state index contributed by atoms with van der Waals surface area (Å²) >= 11 is 0. The molecule has 0 fully saturated rings. The maximum atomic E-state index is 11.4. The van der Waals surface area contributed by atoms with Crippen molar-refractivity contribution < 1.29 is 17.9 Å². The highest BCUT2D eigenvalue weighted by Crippen LogP contribution is 2.11. The lowest BCUT2D eigenvalue weighted by atomic mass is 10.0. The molecule has 0 bridgehead atoms. The molecule has 5 nitrogen and oxygen atoms in total. The Balaban J connectivity index is 2.60. The first-order valence-electron chi connectivity index (χ1n) is 6.36. The largest absolute Gasteiger partial charge is 0.469 e. The van der Waals surface area contributed by atoms with E-state index in [9.17, 15) is 13.2 Å². The van der Waals surface area contributed by atoms with E-state index < -0.39 is 9.84 Å². The van der Waals surface area contributed by atoms with E-state index in [4.69, 9.17) is 4.74 Å². The highest BCUT2D eigenvalue weighted by atomic mass is 32.2. The highest BCUT2D eigenvalue weighted by molar-refractivity contribution is 7.90. The monoisotopic (exact) mass is 299 g/mol. The van der Waals surface area contributed by atoms with Crippen molar-refractivity contribution in [3.05, 3.63) is 29.8 Å². The zero-order chi connectivity index (χ0) is 15.3. The van der Waals surface area contributed by atoms with Gasteiger partial charge in [-0.1, -0.05) is 19.1 Å². The van der Waals surface area contributed by atoms with E-state index in [1.807, 2.05) is 6.92 Å². The van der Waals surface area contributed by atoms with Crippen LogP contribution < -0.4 is 5.32 Å². The van der Waals surface area contributed by atoms with Gasteiger partial charge in [-0.15, -0.1) is 0 Å². The minimum absolute atomic E-state index is 0.0305. The third kappa shape index (κ3) is 4.61. The van der Waals surface area contributed by atoms with Gasteiger partial charge in [0, 0.05) is 18.8 Å². The molecule has 1 aromatic carbocycles. The molecule has 0 saturated carbocycles. The van der Waals surface area contributed by atoms with Gasteiger partial charge in [0.2, 0.25) is 0 Å². The summed E-state index contributed by atoms with van der Waals surface area (Å²) in [6.45, 7) is 4.27. The fourth-order valence-corrected chi connectivity index (χ4v) is 2.33. The quantitative estimate of drug-likeness (QED) is 0.803. The number of hydrogen-bond acceptors (Lipinski definition) is 5. The minimum atomic E-state index is -3.16. The molecule has 1 rings (SSSR count). The van der Waals surface area contributed by atoms with E-state index in [1.165, 1.54) is 13.4 Å². The van der Waals surface area contributed by atoms with E-state index in [1.54, 1.807) is 31.2 Å². The second-order valence-corrected chi connectivity index (χ2v) is 6.91. The van der Waals surface area contributed by atoms with Crippen LogP contribution in [0.2, 0.25) is 0 Å². The van der Waals surface area contributed by atoms with E-state index in [-0.39, 0.29) is 17.9 Å². The average molecular weight is 299 g/mol. The molecule has 2 atom stereocenters. The van der Waals surface area contributed by atoms with Crippen molar-refractivity contribution in [1.82, 2.24) is 5.32 Å². The molecule has 0 spiro atoms. The van der Waals surface area contributed by atoms with Crippen LogP contribution >= 0.6 is 0 Å². The Morgan fingerprint density at radius 1 is 1.25 bits per heavy atom. The summed E-state index contributed by atoms with van der Waals surface area (Å²) in [5.74, 6) is -0.493. The van der Waals surface area contributed by atoms with Crippen LogP contribution in [0.1, 0.15) is 19.4 Å². The van der Waals surface area contributed by atoms with Gasteiger partial charge in [-0.3, -0.25) is 4.79 Å². The number of carbonyl (C=O) groups is 1. The maximum absolute atomic E-state index is 11.4. The molecule has 6 heteroatoms. The van der Waals surface area contributed by atoms with Gasteiger partial charge in [0.05, 0.1) is 17.9 Å². The summed E-state index contributed by atoms with van der Waals surface area (Å²) < 4.78 is 27.4. The molecule has 0 amide bonds. The Morgan fingerprint density at radius 2 is 1.80 bits per heavy atom. The van der Waals surface area contributed by atoms with Crippen molar-refractivity contribution in [3.8, 4) is 0 Å². The van der Waals surface area contributed by atoms with E-state index in [0.29, 0.717) is 11.4 Å². The van der Waals surface area contributed by atoms with Gasteiger partial charge >= 0.3 is 5.97 Å². The van der Waals surface area contributed by atoms with E-state index >= 15 is 0 Å². The van der Waals surface area contributed by atoms with Crippen molar-refractivity contribution >= 4 is 15.8 Å². The van der Waals surface area contributed by atoms with Crippen molar-refractivity contribution in [3.63, 3.8) is 0 Å². The second-order valence-electron chi connectivity index (χ2n) is 4.90. The Kier molecular flexibility index (Phi) is 5.71. The lowest BCUT2D eigenvalue weighted by Crippen LogP contribution is -2.36. The van der Waals surface area contributed by atoms with Gasteiger partial charge in [-0.05, 0) is 24.6 Å². The number of hydrogen-bond donors (Lipinski definition) is 1. The summed E-state index contributed by atoms with van der Waals surface area (Å²) in [7, 11) is -1.79. The average Bonchev–Trinajstić information content (AvgIpc) is 2.42. The van der Waals surface area contributed by atoms with Crippen molar-refractivity contribution in [2.24, 2.45) is 5.92 Å². The Morgan fingerprint density at radius 3 is 2.25 bits per heavy atom. The molecule has 1 N–H and O–H groups in total. The predicted octanol–water partition coefficient (Wildman–Crippen LogP) is 1.38. The summed E-state index contributed by atoms with van der Waals surface area (Å²) in [4.78, 5) is 11.7. The second kappa shape index (κ2) is 6.85. The van der Waals surface area contributed by atoms with Crippen molar-refractivity contribution in [2.45, 2.75) is 31.3 Å². The maximum Gasteiger partial charge on any atom is 0.309 e. The fraction of sp³-hybridized carbons (Fsp3) is 0.500. The minimum Gasteiger partial charge on any atom is -0.469 e. The standard InChI is InChI=1S/C14H21NO4S/c1-10(14(16)19-3)11(2)15-9-12-5-7-13(8-6-12)20(4,17)18/h5-8,10-11,15H,9H2,1-4H3. The summed E-state index contributed by atoms with van der Waals surface area (Å²) in [5.41, 5.74) is 0.960. The lowest BCUT2D eigenvalue weighted by Gasteiger charge is -2.19. The molecule has 0 aliphatic carbocycles. The van der Waals surface area contributed by atoms with Gasteiger partial charge in [0.15, 0.2) is 9.84 Å². The van der Waals surface area contributed by atoms with Crippen LogP contribution in [-0.4, -0.2) is 33.8 Å².